The molecule has 0 aromatic rings. The number of hydrogen-bond acceptors (Lipinski definition) is 8. The summed E-state index contributed by atoms with van der Waals surface area (Å²) in [6.45, 7) is -1.66. The number of rotatable bonds is 14. The van der Waals surface area contributed by atoms with Crippen molar-refractivity contribution in [1.82, 2.24) is 16.0 Å². The number of carboxylic acid groups (broad SMARTS) is 3. The van der Waals surface area contributed by atoms with Crippen LogP contribution in [0, 0.1) is 0 Å². The van der Waals surface area contributed by atoms with Gasteiger partial charge in [-0.2, -0.15) is 0 Å². The van der Waals surface area contributed by atoms with E-state index in [0.29, 0.717) is 0 Å². The first-order valence-corrected chi connectivity index (χ1v) is 8.38. The number of carbonyl (C=O) groups is 6. The lowest BCUT2D eigenvalue weighted by molar-refractivity contribution is -0.140. The Morgan fingerprint density at radius 1 is 0.724 bits per heavy atom. The van der Waals surface area contributed by atoms with Gasteiger partial charge in [-0.3, -0.25) is 28.8 Å². The van der Waals surface area contributed by atoms with Crippen molar-refractivity contribution >= 4 is 35.6 Å². The second kappa shape index (κ2) is 13.0. The van der Waals surface area contributed by atoms with Crippen LogP contribution in [0.3, 0.4) is 0 Å². The number of amides is 3. The molecule has 164 valence electrons. The molecule has 0 bridgehead atoms. The third-order valence-electron chi connectivity index (χ3n) is 3.52. The number of aliphatic hydroxyl groups is 1. The summed E-state index contributed by atoms with van der Waals surface area (Å²) in [6.07, 6.45) is -1.52. The van der Waals surface area contributed by atoms with E-state index in [4.69, 9.17) is 21.1 Å². The van der Waals surface area contributed by atoms with E-state index in [2.05, 4.69) is 10.6 Å². The maximum atomic E-state index is 12.2. The molecule has 0 heterocycles. The molecular weight excluding hydrogens is 396 g/mol. The van der Waals surface area contributed by atoms with Crippen LogP contribution in [0.2, 0.25) is 0 Å². The molecule has 0 saturated carbocycles. The number of aliphatic hydroxyl groups excluding tert-OH is 1. The molecule has 0 aliphatic rings. The molecule has 0 saturated heterocycles. The highest BCUT2D eigenvalue weighted by atomic mass is 16.4. The van der Waals surface area contributed by atoms with Crippen LogP contribution in [0.15, 0.2) is 0 Å². The maximum absolute atomic E-state index is 12.2. The molecule has 9 N–H and O–H groups in total. The Hall–Kier alpha value is -3.26. The van der Waals surface area contributed by atoms with Crippen molar-refractivity contribution in [2.45, 2.75) is 43.8 Å². The summed E-state index contributed by atoms with van der Waals surface area (Å²) < 4.78 is 0. The molecule has 0 aromatic heterocycles. The molecule has 3 atom stereocenters. The number of nitrogens with one attached hydrogen (secondary N) is 3. The molecule has 29 heavy (non-hydrogen) atoms. The van der Waals surface area contributed by atoms with Gasteiger partial charge in [-0.15, -0.1) is 0 Å². The van der Waals surface area contributed by atoms with Crippen LogP contribution in [0.5, 0.6) is 0 Å². The van der Waals surface area contributed by atoms with E-state index >= 15 is 0 Å². The molecular formula is C15H24N4O10. The van der Waals surface area contributed by atoms with Crippen molar-refractivity contribution in [2.75, 3.05) is 13.2 Å². The highest BCUT2D eigenvalue weighted by molar-refractivity contribution is 5.94. The fourth-order valence-electron chi connectivity index (χ4n) is 1.98. The van der Waals surface area contributed by atoms with Crippen molar-refractivity contribution in [3.05, 3.63) is 0 Å². The van der Waals surface area contributed by atoms with Crippen LogP contribution in [-0.4, -0.2) is 87.3 Å². The largest absolute Gasteiger partial charge is 0.481 e. The van der Waals surface area contributed by atoms with Gasteiger partial charge in [0.05, 0.1) is 12.6 Å². The minimum absolute atomic E-state index is 0.222. The van der Waals surface area contributed by atoms with E-state index in [0.717, 1.165) is 0 Å². The van der Waals surface area contributed by atoms with Crippen molar-refractivity contribution in [3.8, 4) is 0 Å². The summed E-state index contributed by atoms with van der Waals surface area (Å²) in [4.78, 5) is 67.8. The zero-order chi connectivity index (χ0) is 22.6. The highest BCUT2D eigenvalue weighted by Gasteiger charge is 2.28. The summed E-state index contributed by atoms with van der Waals surface area (Å²) >= 11 is 0. The highest BCUT2D eigenvalue weighted by Crippen LogP contribution is 2.01. The van der Waals surface area contributed by atoms with E-state index in [1.54, 1.807) is 0 Å². The summed E-state index contributed by atoms with van der Waals surface area (Å²) in [7, 11) is 0. The van der Waals surface area contributed by atoms with E-state index in [9.17, 15) is 33.9 Å². The number of hydrogen-bond donors (Lipinski definition) is 8. The van der Waals surface area contributed by atoms with Gasteiger partial charge >= 0.3 is 17.9 Å². The first-order chi connectivity index (χ1) is 13.5. The van der Waals surface area contributed by atoms with Crippen molar-refractivity contribution in [3.63, 3.8) is 0 Å². The lowest BCUT2D eigenvalue weighted by atomic mass is 10.1. The maximum Gasteiger partial charge on any atom is 0.322 e. The van der Waals surface area contributed by atoms with Crippen molar-refractivity contribution in [2.24, 2.45) is 5.73 Å². The van der Waals surface area contributed by atoms with Crippen LogP contribution in [0.4, 0.5) is 0 Å². The molecule has 14 heteroatoms. The summed E-state index contributed by atoms with van der Waals surface area (Å²) in [5, 5.41) is 41.4. The molecule has 0 aromatic carbocycles. The smallest absolute Gasteiger partial charge is 0.322 e. The van der Waals surface area contributed by atoms with Crippen molar-refractivity contribution < 1.29 is 49.2 Å². The lowest BCUT2D eigenvalue weighted by Crippen LogP contribution is -2.57. The number of carbonyl (C=O) groups excluding carboxylic acids is 3. The Balaban J connectivity index is 4.99. The molecule has 3 unspecified atom stereocenters. The molecule has 0 aliphatic carbocycles. The number of nitrogens with two attached hydrogens (primary N) is 1. The topological polar surface area (TPSA) is 245 Å². The van der Waals surface area contributed by atoms with Crippen LogP contribution in [0.25, 0.3) is 0 Å². The Kier molecular flexibility index (Phi) is 11.5. The predicted molar refractivity (Wildman–Crippen MR) is 93.3 cm³/mol. The van der Waals surface area contributed by atoms with E-state index < -0.39 is 79.7 Å². The molecule has 0 radical (unpaired) electrons. The zero-order valence-electron chi connectivity index (χ0n) is 15.3. The second-order valence-corrected chi connectivity index (χ2v) is 5.89. The van der Waals surface area contributed by atoms with E-state index in [1.165, 1.54) is 0 Å². The van der Waals surface area contributed by atoms with E-state index in [1.807, 2.05) is 5.32 Å². The first kappa shape index (κ1) is 25.7. The summed E-state index contributed by atoms with van der Waals surface area (Å²) in [5.74, 6) is -6.75. The first-order valence-electron chi connectivity index (χ1n) is 8.38. The Labute approximate surface area is 164 Å². The quantitative estimate of drug-likeness (QED) is 0.135. The fourth-order valence-corrected chi connectivity index (χ4v) is 1.98. The minimum Gasteiger partial charge on any atom is -0.481 e. The Morgan fingerprint density at radius 3 is 1.72 bits per heavy atom. The predicted octanol–water partition coefficient (Wildman–Crippen LogP) is -3.79. The summed E-state index contributed by atoms with van der Waals surface area (Å²) in [6, 6.07) is -4.27. The van der Waals surface area contributed by atoms with Crippen LogP contribution in [-0.2, 0) is 28.8 Å². The standard InChI is InChI=1S/C15H24N4O10/c16-7(1-3-10(21)22)13(27)19-9(6-20)15(29)18-8(2-4-11(23)24)14(28)17-5-12(25)26/h7-9,20H,1-6,16H2,(H,17,28)(H,18,29)(H,19,27)(H,21,22)(H,23,24)(H,25,26). The SMILES string of the molecule is NC(CCC(=O)O)C(=O)NC(CO)C(=O)NC(CCC(=O)O)C(=O)NCC(=O)O. The van der Waals surface area contributed by atoms with Gasteiger partial charge in [0.2, 0.25) is 17.7 Å². The third-order valence-corrected chi connectivity index (χ3v) is 3.52. The van der Waals surface area contributed by atoms with E-state index in [-0.39, 0.29) is 12.8 Å². The number of carboxylic acids is 3. The monoisotopic (exact) mass is 420 g/mol. The van der Waals surface area contributed by atoms with Gasteiger partial charge < -0.3 is 42.1 Å². The summed E-state index contributed by atoms with van der Waals surface area (Å²) in [5.41, 5.74) is 5.49. The average Bonchev–Trinajstić information content (AvgIpc) is 2.64. The van der Waals surface area contributed by atoms with Crippen molar-refractivity contribution in [1.29, 1.82) is 0 Å². The third kappa shape index (κ3) is 11.2. The van der Waals surface area contributed by atoms with Crippen LogP contribution in [0.1, 0.15) is 25.7 Å². The van der Waals surface area contributed by atoms with Gasteiger partial charge in [0.15, 0.2) is 0 Å². The Morgan fingerprint density at radius 2 is 1.24 bits per heavy atom. The van der Waals surface area contributed by atoms with Gasteiger partial charge in [0.25, 0.3) is 0 Å². The lowest BCUT2D eigenvalue weighted by Gasteiger charge is -2.22. The van der Waals surface area contributed by atoms with Gasteiger partial charge in [-0.1, -0.05) is 0 Å². The van der Waals surface area contributed by atoms with Gasteiger partial charge in [-0.05, 0) is 12.8 Å². The number of aliphatic carboxylic acids is 3. The normalized spacial score (nSPS) is 13.4. The van der Waals surface area contributed by atoms with Gasteiger partial charge in [0.1, 0.15) is 18.6 Å². The molecule has 0 fully saturated rings. The second-order valence-electron chi connectivity index (χ2n) is 5.89. The van der Waals surface area contributed by atoms with Gasteiger partial charge in [0, 0.05) is 12.8 Å². The van der Waals surface area contributed by atoms with Crippen LogP contribution >= 0.6 is 0 Å². The molecule has 0 spiro atoms. The Bertz CT molecular complexity index is 639. The fraction of sp³-hybridized carbons (Fsp3) is 0.600. The molecule has 3 amide bonds. The molecule has 0 rings (SSSR count). The zero-order valence-corrected chi connectivity index (χ0v) is 15.3. The minimum atomic E-state index is -1.56. The average molecular weight is 420 g/mol. The molecule has 14 nitrogen and oxygen atoms in total. The van der Waals surface area contributed by atoms with Gasteiger partial charge in [-0.25, -0.2) is 0 Å². The van der Waals surface area contributed by atoms with Crippen LogP contribution < -0.4 is 21.7 Å². The molecule has 0 aliphatic heterocycles.